The highest BCUT2D eigenvalue weighted by atomic mass is 16.7. The third-order valence-electron chi connectivity index (χ3n) is 0.818. The molecular formula is C7H14O2. The van der Waals surface area contributed by atoms with Crippen molar-refractivity contribution in [2.45, 2.75) is 13.3 Å². The Bertz CT molecular complexity index is 69.3. The lowest BCUT2D eigenvalue weighted by molar-refractivity contribution is -0.0186. The second-order valence-corrected chi connectivity index (χ2v) is 1.66. The zero-order chi connectivity index (χ0) is 6.95. The molecule has 0 fully saturated rings. The van der Waals surface area contributed by atoms with Crippen LogP contribution >= 0.6 is 0 Å². The topological polar surface area (TPSA) is 18.5 Å². The van der Waals surface area contributed by atoms with Gasteiger partial charge in [0.2, 0.25) is 0 Å². The minimum atomic E-state index is 0.383. The summed E-state index contributed by atoms with van der Waals surface area (Å²) in [6, 6.07) is 0. The van der Waals surface area contributed by atoms with Gasteiger partial charge < -0.3 is 9.47 Å². The second kappa shape index (κ2) is 7.66. The van der Waals surface area contributed by atoms with Crippen molar-refractivity contribution in [3.05, 3.63) is 12.2 Å². The SMILES string of the molecule is CC/C=C\COCOC. The summed E-state index contributed by atoms with van der Waals surface area (Å²) in [7, 11) is 1.61. The summed E-state index contributed by atoms with van der Waals surface area (Å²) in [4.78, 5) is 0. The van der Waals surface area contributed by atoms with E-state index in [1.165, 1.54) is 0 Å². The predicted molar refractivity (Wildman–Crippen MR) is 37.3 cm³/mol. The van der Waals surface area contributed by atoms with Gasteiger partial charge in [-0.3, -0.25) is 0 Å². The van der Waals surface area contributed by atoms with Gasteiger partial charge in [0.05, 0.1) is 6.61 Å². The van der Waals surface area contributed by atoms with Gasteiger partial charge in [-0.25, -0.2) is 0 Å². The molecule has 0 aromatic rings. The van der Waals surface area contributed by atoms with Crippen LogP contribution in [-0.2, 0) is 9.47 Å². The highest BCUT2D eigenvalue weighted by molar-refractivity contribution is 4.79. The van der Waals surface area contributed by atoms with E-state index in [4.69, 9.17) is 4.74 Å². The molecule has 0 heterocycles. The summed E-state index contributed by atoms with van der Waals surface area (Å²) < 4.78 is 9.64. The van der Waals surface area contributed by atoms with E-state index < -0.39 is 0 Å². The largest absolute Gasteiger partial charge is 0.359 e. The van der Waals surface area contributed by atoms with E-state index in [1.54, 1.807) is 7.11 Å². The van der Waals surface area contributed by atoms with E-state index in [1.807, 2.05) is 6.08 Å². The van der Waals surface area contributed by atoms with E-state index in [9.17, 15) is 0 Å². The summed E-state index contributed by atoms with van der Waals surface area (Å²) in [6.45, 7) is 3.13. The lowest BCUT2D eigenvalue weighted by Crippen LogP contribution is -1.94. The molecule has 0 aliphatic carbocycles. The van der Waals surface area contributed by atoms with Gasteiger partial charge in [0.25, 0.3) is 0 Å². The third-order valence-corrected chi connectivity index (χ3v) is 0.818. The standard InChI is InChI=1S/C7H14O2/c1-3-4-5-6-9-7-8-2/h4-5H,3,6-7H2,1-2H3/b5-4-. The second-order valence-electron chi connectivity index (χ2n) is 1.66. The van der Waals surface area contributed by atoms with Crippen molar-refractivity contribution in [1.82, 2.24) is 0 Å². The van der Waals surface area contributed by atoms with Crippen LogP contribution in [-0.4, -0.2) is 20.5 Å². The number of rotatable bonds is 5. The fraction of sp³-hybridized carbons (Fsp3) is 0.714. The van der Waals surface area contributed by atoms with Gasteiger partial charge in [0.1, 0.15) is 6.79 Å². The Labute approximate surface area is 56.5 Å². The number of methoxy groups -OCH3 is 1. The fourth-order valence-corrected chi connectivity index (χ4v) is 0.434. The summed E-state index contributed by atoms with van der Waals surface area (Å²) in [5, 5.41) is 0. The average molecular weight is 130 g/mol. The molecule has 0 bridgehead atoms. The van der Waals surface area contributed by atoms with Crippen molar-refractivity contribution >= 4 is 0 Å². The Morgan fingerprint density at radius 2 is 2.11 bits per heavy atom. The van der Waals surface area contributed by atoms with E-state index in [0.717, 1.165) is 6.42 Å². The molecule has 0 saturated carbocycles. The van der Waals surface area contributed by atoms with Gasteiger partial charge in [-0.05, 0) is 6.42 Å². The molecule has 0 aromatic heterocycles. The Balaban J connectivity index is 2.82. The van der Waals surface area contributed by atoms with E-state index in [0.29, 0.717) is 13.4 Å². The lowest BCUT2D eigenvalue weighted by atomic mass is 10.4. The molecule has 0 amide bonds. The number of ether oxygens (including phenoxy) is 2. The Kier molecular flexibility index (Phi) is 7.37. The number of allylic oxidation sites excluding steroid dienone is 1. The van der Waals surface area contributed by atoms with Crippen molar-refractivity contribution < 1.29 is 9.47 Å². The zero-order valence-corrected chi connectivity index (χ0v) is 6.09. The maximum absolute atomic E-state index is 4.98. The number of hydrogen-bond acceptors (Lipinski definition) is 2. The molecule has 0 spiro atoms. The minimum Gasteiger partial charge on any atom is -0.359 e. The molecular weight excluding hydrogens is 116 g/mol. The molecule has 54 valence electrons. The maximum Gasteiger partial charge on any atom is 0.146 e. The lowest BCUT2D eigenvalue weighted by Gasteiger charge is -1.95. The molecule has 0 N–H and O–H groups in total. The third kappa shape index (κ3) is 7.66. The summed E-state index contributed by atoms with van der Waals surface area (Å²) in [5.41, 5.74) is 0. The molecule has 0 saturated heterocycles. The highest BCUT2D eigenvalue weighted by Gasteiger charge is 1.76. The first-order chi connectivity index (χ1) is 4.41. The minimum absolute atomic E-state index is 0.383. The molecule has 0 radical (unpaired) electrons. The van der Waals surface area contributed by atoms with Gasteiger partial charge in [-0.2, -0.15) is 0 Å². The molecule has 0 atom stereocenters. The van der Waals surface area contributed by atoms with Crippen LogP contribution in [0.5, 0.6) is 0 Å². The van der Waals surface area contributed by atoms with Gasteiger partial charge in [0.15, 0.2) is 0 Å². The van der Waals surface area contributed by atoms with Crippen molar-refractivity contribution in [3.8, 4) is 0 Å². The Morgan fingerprint density at radius 1 is 1.33 bits per heavy atom. The van der Waals surface area contributed by atoms with Gasteiger partial charge in [0, 0.05) is 7.11 Å². The van der Waals surface area contributed by atoms with Crippen molar-refractivity contribution in [2.75, 3.05) is 20.5 Å². The van der Waals surface area contributed by atoms with Gasteiger partial charge >= 0.3 is 0 Å². The van der Waals surface area contributed by atoms with E-state index in [-0.39, 0.29) is 0 Å². The van der Waals surface area contributed by atoms with Crippen LogP contribution in [0.25, 0.3) is 0 Å². The fourth-order valence-electron chi connectivity index (χ4n) is 0.434. The average Bonchev–Trinajstić information content (AvgIpc) is 1.89. The molecule has 9 heavy (non-hydrogen) atoms. The predicted octanol–water partition coefficient (Wildman–Crippen LogP) is 1.57. The van der Waals surface area contributed by atoms with Gasteiger partial charge in [-0.1, -0.05) is 19.1 Å². The van der Waals surface area contributed by atoms with Crippen molar-refractivity contribution in [2.24, 2.45) is 0 Å². The zero-order valence-electron chi connectivity index (χ0n) is 6.09. The van der Waals surface area contributed by atoms with Crippen LogP contribution in [0.15, 0.2) is 12.2 Å². The Morgan fingerprint density at radius 3 is 2.67 bits per heavy atom. The van der Waals surface area contributed by atoms with Crippen LogP contribution in [0.4, 0.5) is 0 Å². The van der Waals surface area contributed by atoms with Crippen molar-refractivity contribution in [1.29, 1.82) is 0 Å². The molecule has 2 nitrogen and oxygen atoms in total. The quantitative estimate of drug-likeness (QED) is 0.319. The molecule has 0 rings (SSSR count). The molecule has 0 unspecified atom stereocenters. The molecule has 2 heteroatoms. The first-order valence-corrected chi connectivity index (χ1v) is 3.13. The number of hydrogen-bond donors (Lipinski definition) is 0. The van der Waals surface area contributed by atoms with Crippen LogP contribution in [0.3, 0.4) is 0 Å². The van der Waals surface area contributed by atoms with Crippen LogP contribution in [0, 0.1) is 0 Å². The normalized spacial score (nSPS) is 10.9. The maximum atomic E-state index is 4.98. The van der Waals surface area contributed by atoms with Crippen LogP contribution in [0.1, 0.15) is 13.3 Å². The highest BCUT2D eigenvalue weighted by Crippen LogP contribution is 1.81. The summed E-state index contributed by atoms with van der Waals surface area (Å²) in [5.74, 6) is 0. The molecule has 0 aliphatic rings. The van der Waals surface area contributed by atoms with Gasteiger partial charge in [-0.15, -0.1) is 0 Å². The smallest absolute Gasteiger partial charge is 0.146 e. The Hall–Kier alpha value is -0.340. The van der Waals surface area contributed by atoms with Crippen LogP contribution < -0.4 is 0 Å². The van der Waals surface area contributed by atoms with E-state index in [2.05, 4.69) is 17.7 Å². The monoisotopic (exact) mass is 130 g/mol. The molecule has 0 aliphatic heterocycles. The first-order valence-electron chi connectivity index (χ1n) is 3.13. The summed E-state index contributed by atoms with van der Waals surface area (Å²) in [6.07, 6.45) is 5.12. The van der Waals surface area contributed by atoms with Crippen LogP contribution in [0.2, 0.25) is 0 Å². The van der Waals surface area contributed by atoms with Crippen molar-refractivity contribution in [3.63, 3.8) is 0 Å². The van der Waals surface area contributed by atoms with E-state index >= 15 is 0 Å². The summed E-state index contributed by atoms with van der Waals surface area (Å²) >= 11 is 0. The molecule has 0 aromatic carbocycles. The first kappa shape index (κ1) is 8.66.